The Morgan fingerprint density at radius 1 is 0.923 bits per heavy atom. The normalized spacial score (nSPS) is 12.2. The first-order valence-electron chi connectivity index (χ1n) is 9.13. The summed E-state index contributed by atoms with van der Waals surface area (Å²) in [5.41, 5.74) is 0. The zero-order valence-corrected chi connectivity index (χ0v) is 18.8. The molecule has 26 heavy (non-hydrogen) atoms. The van der Waals surface area contributed by atoms with Gasteiger partial charge in [0.05, 0.1) is 13.0 Å². The molecule has 0 spiro atoms. The third-order valence-electron chi connectivity index (χ3n) is 3.97. The number of aliphatic carboxylic acids is 1. The van der Waals surface area contributed by atoms with Gasteiger partial charge in [-0.25, -0.2) is 0 Å². The topological polar surface area (TPSA) is 118 Å². The van der Waals surface area contributed by atoms with E-state index in [1.165, 1.54) is 44.9 Å². The Balaban J connectivity index is -0.000000960. The van der Waals surface area contributed by atoms with Crippen LogP contribution in [0.2, 0.25) is 0 Å². The van der Waals surface area contributed by atoms with Crippen molar-refractivity contribution in [3.05, 3.63) is 0 Å². The van der Waals surface area contributed by atoms with Gasteiger partial charge >= 0.3 is 49.7 Å². The van der Waals surface area contributed by atoms with Gasteiger partial charge in [-0.1, -0.05) is 71.1 Å². The van der Waals surface area contributed by atoms with E-state index in [1.807, 2.05) is 0 Å². The molecule has 0 aliphatic heterocycles. The molecule has 0 saturated carbocycles. The Labute approximate surface area is 190 Å². The average molecular weight is 423 g/mol. The molecule has 0 aromatic carbocycles. The monoisotopic (exact) mass is 422 g/mol. The number of hydrogen-bond donors (Lipinski definition) is 2. The van der Waals surface area contributed by atoms with Crippen LogP contribution in [0.5, 0.6) is 0 Å². The molecule has 0 bridgehead atoms. The van der Waals surface area contributed by atoms with Gasteiger partial charge in [0.1, 0.15) is 0 Å². The first-order chi connectivity index (χ1) is 11.8. The standard InChI is InChI=1S/C17H32O7S.Ca.2H/c1-2-3-4-5-6-7-8-9-10-11-12-13-24-17(20)15(14-16(18)19)25(21,22)23;;;/h15H,2-14H2,1H3,(H,18,19)(H,21,22,23);;;/q;+2;2*-1. The van der Waals surface area contributed by atoms with E-state index in [0.29, 0.717) is 6.42 Å². The zero-order valence-electron chi connectivity index (χ0n) is 17.8. The molecule has 1 unspecified atom stereocenters. The van der Waals surface area contributed by atoms with E-state index in [2.05, 4.69) is 6.92 Å². The van der Waals surface area contributed by atoms with E-state index in [4.69, 9.17) is 14.4 Å². The molecular formula is C17H34CaO7S. The van der Waals surface area contributed by atoms with Crippen molar-refractivity contribution >= 4 is 59.8 Å². The van der Waals surface area contributed by atoms with Gasteiger partial charge in [-0.3, -0.25) is 14.1 Å². The molecule has 0 radical (unpaired) electrons. The minimum absolute atomic E-state index is 0. The molecule has 0 heterocycles. The van der Waals surface area contributed by atoms with Crippen molar-refractivity contribution in [3.8, 4) is 0 Å². The minimum Gasteiger partial charge on any atom is -1.00 e. The predicted octanol–water partition coefficient (Wildman–Crippen LogP) is 3.42. The number of ether oxygens (including phenoxy) is 1. The summed E-state index contributed by atoms with van der Waals surface area (Å²) in [4.78, 5) is 22.1. The number of carboxylic acids is 1. The number of esters is 1. The molecule has 0 saturated heterocycles. The van der Waals surface area contributed by atoms with Crippen molar-refractivity contribution in [3.63, 3.8) is 0 Å². The smallest absolute Gasteiger partial charge is 1.00 e. The van der Waals surface area contributed by atoms with Gasteiger partial charge in [-0.05, 0) is 6.42 Å². The van der Waals surface area contributed by atoms with Crippen molar-refractivity contribution in [1.82, 2.24) is 0 Å². The largest absolute Gasteiger partial charge is 2.00 e. The van der Waals surface area contributed by atoms with Gasteiger partial charge in [-0.15, -0.1) is 0 Å². The molecular weight excluding hydrogens is 388 g/mol. The number of rotatable bonds is 16. The maximum atomic E-state index is 11.6. The SMILES string of the molecule is CCCCCCCCCCCCCOC(=O)C(CC(=O)O)S(=O)(=O)O.[Ca+2].[H-].[H-]. The van der Waals surface area contributed by atoms with Gasteiger partial charge in [0, 0.05) is 0 Å². The van der Waals surface area contributed by atoms with Gasteiger partial charge < -0.3 is 12.7 Å². The fourth-order valence-electron chi connectivity index (χ4n) is 2.50. The molecule has 7 nitrogen and oxygen atoms in total. The summed E-state index contributed by atoms with van der Waals surface area (Å²) in [6, 6.07) is 0. The maximum absolute atomic E-state index is 11.6. The van der Waals surface area contributed by atoms with E-state index in [1.54, 1.807) is 0 Å². The van der Waals surface area contributed by atoms with Crippen LogP contribution in [0.4, 0.5) is 0 Å². The van der Waals surface area contributed by atoms with Crippen molar-refractivity contribution in [2.75, 3.05) is 6.61 Å². The third kappa shape index (κ3) is 16.3. The molecule has 0 aromatic heterocycles. The van der Waals surface area contributed by atoms with Crippen molar-refractivity contribution in [2.24, 2.45) is 0 Å². The summed E-state index contributed by atoms with van der Waals surface area (Å²) < 4.78 is 35.7. The number of carbonyl (C=O) groups excluding carboxylic acids is 1. The summed E-state index contributed by atoms with van der Waals surface area (Å²) in [7, 11) is -4.78. The van der Waals surface area contributed by atoms with E-state index < -0.39 is 33.7 Å². The molecule has 0 aromatic rings. The molecule has 0 aliphatic rings. The Kier molecular flexibility index (Phi) is 18.8. The first kappa shape index (κ1) is 28.3. The van der Waals surface area contributed by atoms with Crippen LogP contribution in [0.25, 0.3) is 0 Å². The number of carboxylic acid groups (broad SMARTS) is 1. The molecule has 1 atom stereocenters. The van der Waals surface area contributed by atoms with Crippen LogP contribution in [0.3, 0.4) is 0 Å². The van der Waals surface area contributed by atoms with Crippen LogP contribution < -0.4 is 0 Å². The van der Waals surface area contributed by atoms with Crippen LogP contribution in [0.1, 0.15) is 86.8 Å². The Morgan fingerprint density at radius 2 is 1.35 bits per heavy atom. The molecule has 0 rings (SSSR count). The summed E-state index contributed by atoms with van der Waals surface area (Å²) in [5.74, 6) is -2.70. The van der Waals surface area contributed by atoms with Crippen LogP contribution in [-0.4, -0.2) is 79.6 Å². The number of carbonyl (C=O) groups is 2. The molecule has 152 valence electrons. The summed E-state index contributed by atoms with van der Waals surface area (Å²) in [6.07, 6.45) is 11.5. The minimum atomic E-state index is -4.78. The van der Waals surface area contributed by atoms with Gasteiger partial charge in [-0.2, -0.15) is 8.42 Å². The summed E-state index contributed by atoms with van der Waals surface area (Å²) >= 11 is 0. The third-order valence-corrected chi connectivity index (χ3v) is 5.05. The number of hydrogen-bond acceptors (Lipinski definition) is 5. The molecule has 0 amide bonds. The second-order valence-corrected chi connectivity index (χ2v) is 7.90. The van der Waals surface area contributed by atoms with E-state index in [9.17, 15) is 18.0 Å². The van der Waals surface area contributed by atoms with Crippen molar-refractivity contribution in [2.45, 2.75) is 89.2 Å². The fraction of sp³-hybridized carbons (Fsp3) is 0.882. The molecule has 9 heteroatoms. The predicted molar refractivity (Wildman–Crippen MR) is 103 cm³/mol. The van der Waals surface area contributed by atoms with Crippen molar-refractivity contribution in [1.29, 1.82) is 0 Å². The van der Waals surface area contributed by atoms with E-state index in [-0.39, 0.29) is 47.2 Å². The molecule has 0 fully saturated rings. The van der Waals surface area contributed by atoms with Crippen LogP contribution in [-0.2, 0) is 24.4 Å². The summed E-state index contributed by atoms with van der Waals surface area (Å²) in [5, 5.41) is 6.53. The Hall–Kier alpha value is 0.110. The van der Waals surface area contributed by atoms with E-state index >= 15 is 0 Å². The average Bonchev–Trinajstić information content (AvgIpc) is 2.52. The van der Waals surface area contributed by atoms with Gasteiger partial charge in [0.25, 0.3) is 10.1 Å². The second-order valence-electron chi connectivity index (χ2n) is 6.30. The quantitative estimate of drug-likeness (QED) is 0.169. The fourth-order valence-corrected chi connectivity index (χ4v) is 3.17. The Morgan fingerprint density at radius 3 is 1.73 bits per heavy atom. The summed E-state index contributed by atoms with van der Waals surface area (Å²) in [6.45, 7) is 2.23. The Bertz CT molecular complexity index is 490. The van der Waals surface area contributed by atoms with Crippen LogP contribution >= 0.6 is 0 Å². The van der Waals surface area contributed by atoms with Gasteiger partial charge in [0.15, 0.2) is 5.25 Å². The van der Waals surface area contributed by atoms with Crippen LogP contribution in [0.15, 0.2) is 0 Å². The number of unbranched alkanes of at least 4 members (excludes halogenated alkanes) is 10. The first-order valence-corrected chi connectivity index (χ1v) is 10.6. The molecule has 0 aliphatic carbocycles. The van der Waals surface area contributed by atoms with Crippen LogP contribution in [0, 0.1) is 0 Å². The molecule has 2 N–H and O–H groups in total. The van der Waals surface area contributed by atoms with Crippen molar-refractivity contribution < 1.29 is 35.3 Å². The zero-order chi connectivity index (χ0) is 19.1. The van der Waals surface area contributed by atoms with Gasteiger partial charge in [0.2, 0.25) is 0 Å². The maximum Gasteiger partial charge on any atom is 2.00 e. The van der Waals surface area contributed by atoms with E-state index in [0.717, 1.165) is 19.3 Å². The second kappa shape index (κ2) is 17.2.